The van der Waals surface area contributed by atoms with Crippen molar-refractivity contribution in [1.82, 2.24) is 45.4 Å². The summed E-state index contributed by atoms with van der Waals surface area (Å²) in [6.45, 7) is 17.8. The number of ether oxygens (including phenoxy) is 2. The Morgan fingerprint density at radius 2 is 1.95 bits per heavy atom. The van der Waals surface area contributed by atoms with E-state index in [1.165, 1.54) is 27.3 Å². The molecule has 0 spiro atoms. The van der Waals surface area contributed by atoms with E-state index in [0.717, 1.165) is 51.0 Å². The van der Waals surface area contributed by atoms with Gasteiger partial charge in [0.15, 0.2) is 0 Å². The molecule has 17 heteroatoms. The smallest absolute Gasteiger partial charge is 0.320 e. The first-order chi connectivity index (χ1) is 31.5. The molecular weight excluding hydrogens is 859 g/mol. The molecule has 354 valence electrons. The van der Waals surface area contributed by atoms with Crippen LogP contribution < -0.4 is 16.1 Å². The summed E-state index contributed by atoms with van der Waals surface area (Å²) in [5, 5.41) is 10.9. The molecule has 2 fully saturated rings. The second kappa shape index (κ2) is 20.2. The molecule has 1 unspecified atom stereocenters. The van der Waals surface area contributed by atoms with Crippen LogP contribution >= 0.6 is 11.3 Å². The van der Waals surface area contributed by atoms with E-state index in [1.807, 2.05) is 32.2 Å². The van der Waals surface area contributed by atoms with E-state index < -0.39 is 34.9 Å². The molecule has 5 amide bonds. The number of hydrogen-bond donors (Lipinski definition) is 3. The number of likely N-dealkylation sites (tertiary alicyclic amines) is 1. The summed E-state index contributed by atoms with van der Waals surface area (Å²) in [5.74, 6) is -1.58. The number of carbonyl (C=O) groups is 5. The predicted molar refractivity (Wildman–Crippen MR) is 254 cm³/mol. The summed E-state index contributed by atoms with van der Waals surface area (Å²) in [6.07, 6.45) is 5.95. The molecule has 6 heterocycles. The van der Waals surface area contributed by atoms with E-state index in [4.69, 9.17) is 19.4 Å². The number of amides is 5. The number of urea groups is 1. The quantitative estimate of drug-likeness (QED) is 0.118. The highest BCUT2D eigenvalue weighted by Gasteiger charge is 2.43. The fourth-order valence-electron chi connectivity index (χ4n) is 9.61. The normalized spacial score (nSPS) is 21.9. The van der Waals surface area contributed by atoms with Gasteiger partial charge < -0.3 is 39.3 Å². The summed E-state index contributed by atoms with van der Waals surface area (Å²) in [4.78, 5) is 81.0. The molecule has 0 aliphatic carbocycles. The van der Waals surface area contributed by atoms with E-state index in [1.54, 1.807) is 25.3 Å². The zero-order valence-corrected chi connectivity index (χ0v) is 40.3. The number of hydrazine groups is 1. The number of hydrogen-bond acceptors (Lipinski definition) is 11. The van der Waals surface area contributed by atoms with Crippen molar-refractivity contribution in [2.24, 2.45) is 11.3 Å². The predicted octanol–water partition coefficient (Wildman–Crippen LogP) is 5.70. The summed E-state index contributed by atoms with van der Waals surface area (Å²) >= 11 is 1.40. The van der Waals surface area contributed by atoms with E-state index in [2.05, 4.69) is 72.2 Å². The van der Waals surface area contributed by atoms with Gasteiger partial charge in [0.25, 0.3) is 5.91 Å². The third kappa shape index (κ3) is 9.94. The van der Waals surface area contributed by atoms with Crippen LogP contribution in [0.4, 0.5) is 4.79 Å². The molecule has 4 aromatic rings. The molecule has 66 heavy (non-hydrogen) atoms. The average molecular weight is 924 g/mol. The van der Waals surface area contributed by atoms with Gasteiger partial charge >= 0.3 is 6.03 Å². The SMILES string of the molecule is C=CC(=O)NC[C@H]1CCN1C(=O)N(C)[C@H](C(=O)N[C@H]1Cc2nc(cs2)-c2ccc3c(c2)c(c(-c2cccnc2[C@H](C)OC)n3CC)CC(C)(C)COCC2(C=O)CCCN(N2)C1=O)C(C)C. The summed E-state index contributed by atoms with van der Waals surface area (Å²) < 4.78 is 14.7. The Morgan fingerprint density at radius 1 is 1.17 bits per heavy atom. The van der Waals surface area contributed by atoms with Crippen LogP contribution in [0.25, 0.3) is 33.4 Å². The van der Waals surface area contributed by atoms with E-state index in [-0.39, 0.29) is 49.6 Å². The Bertz CT molecular complexity index is 2470. The molecule has 6 bridgehead atoms. The Kier molecular flexibility index (Phi) is 14.8. The van der Waals surface area contributed by atoms with Crippen molar-refractivity contribution < 1.29 is 33.4 Å². The van der Waals surface area contributed by atoms with Crippen molar-refractivity contribution in [2.45, 2.75) is 110 Å². The number of aromatic nitrogens is 3. The van der Waals surface area contributed by atoms with Gasteiger partial charge in [-0.05, 0) is 86.8 Å². The van der Waals surface area contributed by atoms with Crippen LogP contribution in [0.3, 0.4) is 0 Å². The third-order valence-electron chi connectivity index (χ3n) is 13.2. The summed E-state index contributed by atoms with van der Waals surface area (Å²) in [6, 6.07) is 7.87. The fourth-order valence-corrected chi connectivity index (χ4v) is 10.5. The van der Waals surface area contributed by atoms with Crippen LogP contribution in [0.2, 0.25) is 0 Å². The zero-order chi connectivity index (χ0) is 47.5. The van der Waals surface area contributed by atoms with Gasteiger partial charge in [-0.1, -0.05) is 40.3 Å². The highest BCUT2D eigenvalue weighted by molar-refractivity contribution is 7.10. The van der Waals surface area contributed by atoms with Crippen LogP contribution in [-0.4, -0.2) is 130 Å². The maximum absolute atomic E-state index is 14.7. The second-order valence-electron chi connectivity index (χ2n) is 19.0. The number of rotatable bonds is 12. The minimum Gasteiger partial charge on any atom is -0.378 e. The molecule has 1 aromatic carbocycles. The number of likely N-dealkylation sites (N-methyl/N-ethyl adjacent to an activating group) is 1. The van der Waals surface area contributed by atoms with Crippen LogP contribution in [0, 0.1) is 11.3 Å². The number of nitrogens with zero attached hydrogens (tertiary/aromatic N) is 6. The molecule has 3 N–H and O–H groups in total. The molecule has 3 aliphatic heterocycles. The Morgan fingerprint density at radius 3 is 2.64 bits per heavy atom. The van der Waals surface area contributed by atoms with Crippen molar-refractivity contribution in [3.63, 3.8) is 0 Å². The lowest BCUT2D eigenvalue weighted by atomic mass is 9.84. The molecule has 2 saturated heterocycles. The minimum absolute atomic E-state index is 0.0273. The first-order valence-electron chi connectivity index (χ1n) is 23.0. The lowest BCUT2D eigenvalue weighted by Crippen LogP contribution is -2.67. The number of thiazole rings is 1. The molecule has 3 aromatic heterocycles. The summed E-state index contributed by atoms with van der Waals surface area (Å²) in [5.41, 5.74) is 8.40. The number of methoxy groups -OCH3 is 1. The van der Waals surface area contributed by atoms with Crippen LogP contribution in [0.15, 0.2) is 54.6 Å². The van der Waals surface area contributed by atoms with Crippen LogP contribution in [0.1, 0.15) is 83.2 Å². The fraction of sp³-hybridized carbons (Fsp3) is 0.531. The van der Waals surface area contributed by atoms with Gasteiger partial charge in [-0.15, -0.1) is 11.3 Å². The van der Waals surface area contributed by atoms with Gasteiger partial charge in [0.1, 0.15) is 23.9 Å². The van der Waals surface area contributed by atoms with Gasteiger partial charge in [0.2, 0.25) is 11.8 Å². The Hall–Kier alpha value is -5.49. The topological polar surface area (TPSA) is 180 Å². The van der Waals surface area contributed by atoms with Gasteiger partial charge in [0.05, 0.1) is 47.4 Å². The molecule has 0 radical (unpaired) electrons. The van der Waals surface area contributed by atoms with Crippen molar-refractivity contribution in [2.75, 3.05) is 47.0 Å². The molecule has 16 nitrogen and oxygen atoms in total. The van der Waals surface area contributed by atoms with E-state index in [0.29, 0.717) is 56.9 Å². The van der Waals surface area contributed by atoms with Gasteiger partial charge in [0, 0.05) is 80.4 Å². The minimum atomic E-state index is -1.19. The molecule has 0 saturated carbocycles. The van der Waals surface area contributed by atoms with E-state index in [9.17, 15) is 24.0 Å². The van der Waals surface area contributed by atoms with Gasteiger partial charge in [-0.25, -0.2) is 15.2 Å². The number of benzene rings is 1. The highest BCUT2D eigenvalue weighted by atomic mass is 32.1. The zero-order valence-electron chi connectivity index (χ0n) is 39.5. The average Bonchev–Trinajstić information content (AvgIpc) is 3.88. The first kappa shape index (κ1) is 48.4. The number of pyridine rings is 1. The van der Waals surface area contributed by atoms with Crippen molar-refractivity contribution >= 4 is 52.3 Å². The standard InChI is InChI=1S/C49H65N9O7S/c1-10-40(60)51-25-33-17-21-57(33)47(63)55(8)43(30(3)4)45(61)53-37-23-41-52-38(26-66-41)32-15-16-39-35(22-32)36(44(56(39)11-2)34-14-12-19-50-42(34)31(5)64-9)24-48(6,7)28-65-29-49(27-59)18-13-20-58(54-49)46(37)62/h10,12,14-16,19,22,26-27,30-31,33,37,43,54H,1,11,13,17-18,20-21,23-25,28-29H2,2-9H3,(H,51,60)(H,53,61)/t31-,33+,37-,43-,49?/m0/s1. The number of nitrogens with one attached hydrogen (secondary N) is 3. The van der Waals surface area contributed by atoms with Crippen LogP contribution in [0.5, 0.6) is 0 Å². The van der Waals surface area contributed by atoms with Crippen molar-refractivity contribution in [3.8, 4) is 22.5 Å². The summed E-state index contributed by atoms with van der Waals surface area (Å²) in [7, 11) is 3.28. The molecule has 5 atom stereocenters. The van der Waals surface area contributed by atoms with Gasteiger partial charge in [-0.3, -0.25) is 24.4 Å². The second-order valence-corrected chi connectivity index (χ2v) is 19.9. The molecule has 3 aliphatic rings. The van der Waals surface area contributed by atoms with Crippen molar-refractivity contribution in [1.29, 1.82) is 0 Å². The largest absolute Gasteiger partial charge is 0.378 e. The lowest BCUT2D eigenvalue weighted by molar-refractivity contribution is -0.147. The monoisotopic (exact) mass is 923 g/mol. The number of fused-ring (bicyclic) bond motifs is 6. The first-order valence-corrected chi connectivity index (χ1v) is 23.9. The van der Waals surface area contributed by atoms with Crippen LogP contribution in [-0.2, 0) is 48.0 Å². The van der Waals surface area contributed by atoms with Crippen molar-refractivity contribution in [3.05, 3.63) is 70.8 Å². The maximum atomic E-state index is 14.7. The Balaban J connectivity index is 1.27. The lowest BCUT2D eigenvalue weighted by Gasteiger charge is -2.45. The highest BCUT2D eigenvalue weighted by Crippen LogP contribution is 2.42. The number of carbonyl (C=O) groups excluding carboxylic acids is 5. The maximum Gasteiger partial charge on any atom is 0.320 e. The Labute approximate surface area is 391 Å². The molecular formula is C49H65N9O7S. The molecule has 7 rings (SSSR count). The number of aryl methyl sites for hydroxylation is 1. The van der Waals surface area contributed by atoms with E-state index >= 15 is 0 Å². The van der Waals surface area contributed by atoms with Gasteiger partial charge in [-0.2, -0.15) is 0 Å². The number of aldehydes is 1. The third-order valence-corrected chi connectivity index (χ3v) is 14.1.